The average Bonchev–Trinajstić information content (AvgIpc) is 2.86. The minimum absolute atomic E-state index is 0.133. The fourth-order valence-corrected chi connectivity index (χ4v) is 1.92. The van der Waals surface area contributed by atoms with Crippen LogP contribution in [0.2, 0.25) is 0 Å². The van der Waals surface area contributed by atoms with Crippen LogP contribution in [0.5, 0.6) is 5.75 Å². The molecular formula is C15H15F3N2O2. The highest BCUT2D eigenvalue weighted by atomic mass is 19.4. The molecule has 0 radical (unpaired) electrons. The summed E-state index contributed by atoms with van der Waals surface area (Å²) in [4.78, 5) is 11.4. The molecule has 0 saturated heterocycles. The molecule has 0 saturated carbocycles. The highest BCUT2D eigenvalue weighted by molar-refractivity contribution is 5.80. The van der Waals surface area contributed by atoms with Crippen molar-refractivity contribution < 1.29 is 22.7 Å². The standard InChI is InChI=1S/C15H15F3N2O2/c1-2-13(21)7-12-8-19-20(10-12)9-11-3-5-14(6-4-11)22-15(16,17)18/h3-6,8,10H,2,7,9H2,1H3. The van der Waals surface area contributed by atoms with Gasteiger partial charge in [0.15, 0.2) is 0 Å². The van der Waals surface area contributed by atoms with Crippen LogP contribution in [0.1, 0.15) is 24.5 Å². The Morgan fingerprint density at radius 2 is 1.91 bits per heavy atom. The van der Waals surface area contributed by atoms with Gasteiger partial charge in [-0.2, -0.15) is 5.10 Å². The van der Waals surface area contributed by atoms with Gasteiger partial charge in [0.05, 0.1) is 12.7 Å². The third kappa shape index (κ3) is 4.91. The van der Waals surface area contributed by atoms with Crippen LogP contribution in [0.3, 0.4) is 0 Å². The van der Waals surface area contributed by atoms with E-state index in [1.54, 1.807) is 36.1 Å². The van der Waals surface area contributed by atoms with E-state index in [2.05, 4.69) is 9.84 Å². The van der Waals surface area contributed by atoms with E-state index >= 15 is 0 Å². The number of halogens is 3. The lowest BCUT2D eigenvalue weighted by Gasteiger charge is -2.09. The molecule has 0 bridgehead atoms. The number of ether oxygens (including phenoxy) is 1. The number of alkyl halides is 3. The van der Waals surface area contributed by atoms with E-state index in [-0.39, 0.29) is 11.5 Å². The van der Waals surface area contributed by atoms with Crippen molar-refractivity contribution in [3.05, 3.63) is 47.8 Å². The number of ketones is 1. The molecule has 0 aliphatic heterocycles. The Kier molecular flexibility index (Phi) is 4.85. The molecule has 0 aliphatic carbocycles. The largest absolute Gasteiger partial charge is 0.573 e. The number of rotatable bonds is 6. The second kappa shape index (κ2) is 6.64. The maximum atomic E-state index is 12.1. The van der Waals surface area contributed by atoms with E-state index in [1.807, 2.05) is 0 Å². The van der Waals surface area contributed by atoms with Gasteiger partial charge < -0.3 is 4.74 Å². The molecule has 0 atom stereocenters. The Bertz CT molecular complexity index is 633. The number of nitrogens with zero attached hydrogens (tertiary/aromatic N) is 2. The van der Waals surface area contributed by atoms with Crippen molar-refractivity contribution in [3.63, 3.8) is 0 Å². The van der Waals surface area contributed by atoms with Gasteiger partial charge in [0, 0.05) is 19.0 Å². The van der Waals surface area contributed by atoms with Crippen LogP contribution >= 0.6 is 0 Å². The number of Topliss-reactive ketones (excluding diaryl/α,β-unsaturated/α-hetero) is 1. The Morgan fingerprint density at radius 3 is 2.50 bits per heavy atom. The summed E-state index contributed by atoms with van der Waals surface area (Å²) in [6.07, 6.45) is -0.493. The summed E-state index contributed by atoms with van der Waals surface area (Å²) in [7, 11) is 0. The minimum Gasteiger partial charge on any atom is -0.406 e. The number of aromatic nitrogens is 2. The first-order valence-corrected chi connectivity index (χ1v) is 6.73. The monoisotopic (exact) mass is 312 g/mol. The van der Waals surface area contributed by atoms with Crippen molar-refractivity contribution in [3.8, 4) is 5.75 Å². The van der Waals surface area contributed by atoms with Crippen LogP contribution in [-0.4, -0.2) is 21.9 Å². The van der Waals surface area contributed by atoms with Crippen LogP contribution in [0, 0.1) is 0 Å². The predicted octanol–water partition coefficient (Wildman–Crippen LogP) is 3.35. The van der Waals surface area contributed by atoms with Gasteiger partial charge in [-0.3, -0.25) is 9.48 Å². The van der Waals surface area contributed by atoms with Gasteiger partial charge in [0.25, 0.3) is 0 Å². The maximum absolute atomic E-state index is 12.1. The molecule has 22 heavy (non-hydrogen) atoms. The van der Waals surface area contributed by atoms with Crippen LogP contribution in [0.15, 0.2) is 36.7 Å². The molecule has 2 rings (SSSR count). The molecule has 118 valence electrons. The van der Waals surface area contributed by atoms with Crippen molar-refractivity contribution in [2.45, 2.75) is 32.7 Å². The molecule has 0 amide bonds. The zero-order valence-corrected chi connectivity index (χ0v) is 11.9. The Morgan fingerprint density at radius 1 is 1.23 bits per heavy atom. The summed E-state index contributed by atoms with van der Waals surface area (Å²) in [6, 6.07) is 5.60. The van der Waals surface area contributed by atoms with Crippen molar-refractivity contribution in [1.82, 2.24) is 9.78 Å². The van der Waals surface area contributed by atoms with Gasteiger partial charge in [-0.1, -0.05) is 19.1 Å². The van der Waals surface area contributed by atoms with Crippen LogP contribution < -0.4 is 4.74 Å². The number of carbonyl (C=O) groups excluding carboxylic acids is 1. The van der Waals surface area contributed by atoms with Gasteiger partial charge in [0.2, 0.25) is 0 Å². The summed E-state index contributed by atoms with van der Waals surface area (Å²) in [5.74, 6) is -0.126. The highest BCUT2D eigenvalue weighted by Crippen LogP contribution is 2.22. The van der Waals surface area contributed by atoms with Gasteiger partial charge in [0.1, 0.15) is 11.5 Å². The molecule has 1 aromatic heterocycles. The predicted molar refractivity (Wildman–Crippen MR) is 73.5 cm³/mol. The first-order chi connectivity index (χ1) is 10.4. The molecule has 4 nitrogen and oxygen atoms in total. The van der Waals surface area contributed by atoms with Crippen LogP contribution in [0.25, 0.3) is 0 Å². The summed E-state index contributed by atoms with van der Waals surface area (Å²) in [5, 5.41) is 4.13. The fourth-order valence-electron chi connectivity index (χ4n) is 1.92. The van der Waals surface area contributed by atoms with E-state index in [9.17, 15) is 18.0 Å². The topological polar surface area (TPSA) is 44.1 Å². The van der Waals surface area contributed by atoms with E-state index in [0.717, 1.165) is 11.1 Å². The zero-order valence-electron chi connectivity index (χ0n) is 11.9. The molecule has 1 aromatic carbocycles. The molecular weight excluding hydrogens is 297 g/mol. The third-order valence-corrected chi connectivity index (χ3v) is 2.98. The second-order valence-corrected chi connectivity index (χ2v) is 4.81. The number of hydrogen-bond acceptors (Lipinski definition) is 3. The van der Waals surface area contributed by atoms with Crippen molar-refractivity contribution in [1.29, 1.82) is 0 Å². The van der Waals surface area contributed by atoms with Crippen LogP contribution in [0.4, 0.5) is 13.2 Å². The minimum atomic E-state index is -4.69. The zero-order chi connectivity index (χ0) is 16.2. The molecule has 0 fully saturated rings. The Balaban J connectivity index is 1.97. The first kappa shape index (κ1) is 16.1. The summed E-state index contributed by atoms with van der Waals surface area (Å²) in [6.45, 7) is 2.21. The molecule has 0 aliphatic rings. The Hall–Kier alpha value is -2.31. The second-order valence-electron chi connectivity index (χ2n) is 4.81. The van der Waals surface area contributed by atoms with E-state index in [0.29, 0.717) is 19.4 Å². The molecule has 0 N–H and O–H groups in total. The maximum Gasteiger partial charge on any atom is 0.573 e. The summed E-state index contributed by atoms with van der Waals surface area (Å²) < 4.78 is 41.6. The molecule has 0 unspecified atom stereocenters. The van der Waals surface area contributed by atoms with E-state index in [1.165, 1.54) is 12.1 Å². The van der Waals surface area contributed by atoms with Crippen molar-refractivity contribution in [2.75, 3.05) is 0 Å². The molecule has 0 spiro atoms. The van der Waals surface area contributed by atoms with Gasteiger partial charge in [-0.05, 0) is 23.3 Å². The smallest absolute Gasteiger partial charge is 0.406 e. The fraction of sp³-hybridized carbons (Fsp3) is 0.333. The summed E-state index contributed by atoms with van der Waals surface area (Å²) in [5.41, 5.74) is 1.61. The lowest BCUT2D eigenvalue weighted by Crippen LogP contribution is -2.17. The molecule has 2 aromatic rings. The Labute approximate surface area is 125 Å². The van der Waals surface area contributed by atoms with E-state index < -0.39 is 6.36 Å². The normalized spacial score (nSPS) is 11.5. The van der Waals surface area contributed by atoms with Crippen LogP contribution in [-0.2, 0) is 17.8 Å². The number of benzene rings is 1. The third-order valence-electron chi connectivity index (χ3n) is 2.98. The quantitative estimate of drug-likeness (QED) is 0.821. The SMILES string of the molecule is CCC(=O)Cc1cnn(Cc2ccc(OC(F)(F)F)cc2)c1. The number of carbonyl (C=O) groups is 1. The van der Waals surface area contributed by atoms with E-state index in [4.69, 9.17) is 0 Å². The first-order valence-electron chi connectivity index (χ1n) is 6.73. The average molecular weight is 312 g/mol. The lowest BCUT2D eigenvalue weighted by atomic mass is 10.1. The number of hydrogen-bond donors (Lipinski definition) is 0. The molecule has 1 heterocycles. The summed E-state index contributed by atoms with van der Waals surface area (Å²) >= 11 is 0. The van der Waals surface area contributed by atoms with Gasteiger partial charge in [-0.25, -0.2) is 0 Å². The lowest BCUT2D eigenvalue weighted by molar-refractivity contribution is -0.274. The van der Waals surface area contributed by atoms with Crippen molar-refractivity contribution in [2.24, 2.45) is 0 Å². The molecule has 7 heteroatoms. The highest BCUT2D eigenvalue weighted by Gasteiger charge is 2.30. The van der Waals surface area contributed by atoms with Gasteiger partial charge in [-0.15, -0.1) is 13.2 Å². The van der Waals surface area contributed by atoms with Gasteiger partial charge >= 0.3 is 6.36 Å². The van der Waals surface area contributed by atoms with Crippen molar-refractivity contribution >= 4 is 5.78 Å².